The number of aliphatic hydroxyl groups is 1. The Kier molecular flexibility index (Phi) is 3.44. The Morgan fingerprint density at radius 3 is 2.93 bits per heavy atom. The predicted octanol–water partition coefficient (Wildman–Crippen LogP) is 2.23. The van der Waals surface area contributed by atoms with Gasteiger partial charge >= 0.3 is 0 Å². The third kappa shape index (κ3) is 2.61. The largest absolute Gasteiger partial charge is 0.468 e. The molecule has 0 amide bonds. The summed E-state index contributed by atoms with van der Waals surface area (Å²) in [4.78, 5) is 0. The molecular weight excluding hydrogens is 190 g/mol. The molecule has 84 valence electrons. The fourth-order valence-electron chi connectivity index (χ4n) is 2.25. The van der Waals surface area contributed by atoms with Crippen LogP contribution in [-0.2, 0) is 0 Å². The van der Waals surface area contributed by atoms with Crippen LogP contribution in [-0.4, -0.2) is 17.3 Å². The Balaban J connectivity index is 1.90. The van der Waals surface area contributed by atoms with E-state index in [4.69, 9.17) is 4.42 Å². The van der Waals surface area contributed by atoms with Crippen LogP contribution in [0.5, 0.6) is 0 Å². The Labute approximate surface area is 90.5 Å². The van der Waals surface area contributed by atoms with Gasteiger partial charge in [-0.15, -0.1) is 0 Å². The van der Waals surface area contributed by atoms with E-state index >= 15 is 0 Å². The van der Waals surface area contributed by atoms with Crippen LogP contribution in [0.2, 0.25) is 0 Å². The van der Waals surface area contributed by atoms with E-state index in [0.29, 0.717) is 0 Å². The summed E-state index contributed by atoms with van der Waals surface area (Å²) in [5.74, 6) is 0.938. The maximum absolute atomic E-state index is 9.82. The van der Waals surface area contributed by atoms with Gasteiger partial charge in [0.2, 0.25) is 0 Å². The molecule has 0 aliphatic heterocycles. The van der Waals surface area contributed by atoms with Gasteiger partial charge in [0.1, 0.15) is 5.76 Å². The van der Waals surface area contributed by atoms with Gasteiger partial charge in [0.15, 0.2) is 0 Å². The topological polar surface area (TPSA) is 45.4 Å². The molecule has 0 aromatic carbocycles. The van der Waals surface area contributed by atoms with Crippen LogP contribution in [0.1, 0.15) is 44.4 Å². The third-order valence-electron chi connectivity index (χ3n) is 3.16. The summed E-state index contributed by atoms with van der Waals surface area (Å²) in [5.41, 5.74) is 0. The van der Waals surface area contributed by atoms with Gasteiger partial charge in [0.25, 0.3) is 0 Å². The summed E-state index contributed by atoms with van der Waals surface area (Å²) in [6.45, 7) is 2.07. The molecule has 1 saturated carbocycles. The summed E-state index contributed by atoms with van der Waals surface area (Å²) in [5, 5.41) is 13.2. The minimum Gasteiger partial charge on any atom is -0.468 e. The molecule has 1 aliphatic rings. The lowest BCUT2D eigenvalue weighted by Gasteiger charge is -2.30. The summed E-state index contributed by atoms with van der Waals surface area (Å²) in [6, 6.07) is 4.26. The van der Waals surface area contributed by atoms with Gasteiger partial charge in [-0.2, -0.15) is 0 Å². The van der Waals surface area contributed by atoms with Crippen molar-refractivity contribution in [1.82, 2.24) is 5.32 Å². The van der Waals surface area contributed by atoms with E-state index in [1.807, 2.05) is 12.1 Å². The molecule has 3 nitrogen and oxygen atoms in total. The zero-order chi connectivity index (χ0) is 10.7. The third-order valence-corrected chi connectivity index (χ3v) is 3.16. The molecule has 0 saturated heterocycles. The van der Waals surface area contributed by atoms with Crippen LogP contribution in [0.15, 0.2) is 22.8 Å². The molecule has 0 radical (unpaired) electrons. The van der Waals surface area contributed by atoms with E-state index in [2.05, 4.69) is 12.2 Å². The second-order valence-corrected chi connectivity index (χ2v) is 4.36. The van der Waals surface area contributed by atoms with Crippen molar-refractivity contribution in [3.8, 4) is 0 Å². The zero-order valence-corrected chi connectivity index (χ0v) is 9.15. The molecule has 1 fully saturated rings. The fourth-order valence-corrected chi connectivity index (χ4v) is 2.25. The van der Waals surface area contributed by atoms with Gasteiger partial charge in [-0.25, -0.2) is 0 Å². The quantitative estimate of drug-likeness (QED) is 0.802. The zero-order valence-electron chi connectivity index (χ0n) is 9.15. The molecular formula is C12H19NO2. The number of nitrogens with one attached hydrogen (secondary N) is 1. The summed E-state index contributed by atoms with van der Waals surface area (Å²) in [6.07, 6.45) is 5.82. The van der Waals surface area contributed by atoms with Crippen molar-refractivity contribution in [3.63, 3.8) is 0 Å². The maximum Gasteiger partial charge on any atom is 0.120 e. The molecule has 1 aromatic rings. The summed E-state index contributed by atoms with van der Waals surface area (Å²) in [7, 11) is 0. The van der Waals surface area contributed by atoms with Crippen molar-refractivity contribution in [3.05, 3.63) is 24.2 Å². The van der Waals surface area contributed by atoms with Crippen molar-refractivity contribution < 1.29 is 9.52 Å². The lowest BCUT2D eigenvalue weighted by Crippen LogP contribution is -2.43. The first-order valence-corrected chi connectivity index (χ1v) is 5.75. The highest BCUT2D eigenvalue weighted by molar-refractivity contribution is 5.03. The van der Waals surface area contributed by atoms with Gasteiger partial charge in [-0.3, -0.25) is 0 Å². The van der Waals surface area contributed by atoms with E-state index < -0.39 is 0 Å². The lowest BCUT2D eigenvalue weighted by molar-refractivity contribution is 0.0845. The standard InChI is InChI=1S/C12H19NO2/c1-9(12-7-4-8-15-12)13-10-5-2-3-6-11(10)14/h4,7-11,13-14H,2-3,5-6H2,1H3/t9-,10+,11+/m0/s1. The molecule has 0 spiro atoms. The number of furan rings is 1. The normalized spacial score (nSPS) is 28.9. The molecule has 0 unspecified atom stereocenters. The monoisotopic (exact) mass is 209 g/mol. The number of hydrogen-bond donors (Lipinski definition) is 2. The Bertz CT molecular complexity index is 284. The van der Waals surface area contributed by atoms with E-state index in [1.54, 1.807) is 6.26 Å². The average Bonchev–Trinajstić information content (AvgIpc) is 2.74. The van der Waals surface area contributed by atoms with Crippen molar-refractivity contribution >= 4 is 0 Å². The first-order valence-electron chi connectivity index (χ1n) is 5.75. The van der Waals surface area contributed by atoms with Crippen molar-refractivity contribution in [2.45, 2.75) is 50.8 Å². The van der Waals surface area contributed by atoms with Gasteiger partial charge in [-0.1, -0.05) is 12.8 Å². The molecule has 2 N–H and O–H groups in total. The Hall–Kier alpha value is -0.800. The first-order chi connectivity index (χ1) is 7.27. The highest BCUT2D eigenvalue weighted by atomic mass is 16.3. The van der Waals surface area contributed by atoms with Crippen LogP contribution in [0.4, 0.5) is 0 Å². The first kappa shape index (κ1) is 10.7. The highest BCUT2D eigenvalue weighted by Crippen LogP contribution is 2.22. The van der Waals surface area contributed by atoms with Crippen LogP contribution in [0.3, 0.4) is 0 Å². The van der Waals surface area contributed by atoms with E-state index in [-0.39, 0.29) is 18.2 Å². The second kappa shape index (κ2) is 4.81. The number of aliphatic hydroxyl groups excluding tert-OH is 1. The minimum atomic E-state index is -0.198. The summed E-state index contributed by atoms with van der Waals surface area (Å²) >= 11 is 0. The number of rotatable bonds is 3. The highest BCUT2D eigenvalue weighted by Gasteiger charge is 2.24. The van der Waals surface area contributed by atoms with Crippen LogP contribution in [0, 0.1) is 0 Å². The Morgan fingerprint density at radius 2 is 2.27 bits per heavy atom. The molecule has 3 heteroatoms. The molecule has 1 aromatic heterocycles. The fraction of sp³-hybridized carbons (Fsp3) is 0.667. The molecule has 15 heavy (non-hydrogen) atoms. The average molecular weight is 209 g/mol. The van der Waals surface area contributed by atoms with Crippen molar-refractivity contribution in [1.29, 1.82) is 0 Å². The van der Waals surface area contributed by atoms with Gasteiger partial charge in [0, 0.05) is 6.04 Å². The van der Waals surface area contributed by atoms with Crippen molar-refractivity contribution in [2.75, 3.05) is 0 Å². The molecule has 2 rings (SSSR count). The van der Waals surface area contributed by atoms with Crippen LogP contribution in [0.25, 0.3) is 0 Å². The van der Waals surface area contributed by atoms with Crippen molar-refractivity contribution in [2.24, 2.45) is 0 Å². The van der Waals surface area contributed by atoms with E-state index in [0.717, 1.165) is 25.0 Å². The molecule has 1 heterocycles. The number of hydrogen-bond acceptors (Lipinski definition) is 3. The molecule has 0 bridgehead atoms. The Morgan fingerprint density at radius 1 is 1.47 bits per heavy atom. The summed E-state index contributed by atoms with van der Waals surface area (Å²) < 4.78 is 5.33. The van der Waals surface area contributed by atoms with Gasteiger partial charge in [-0.05, 0) is 31.9 Å². The lowest BCUT2D eigenvalue weighted by atomic mass is 9.92. The molecule has 3 atom stereocenters. The second-order valence-electron chi connectivity index (χ2n) is 4.36. The van der Waals surface area contributed by atoms with E-state index in [1.165, 1.54) is 6.42 Å². The van der Waals surface area contributed by atoms with Gasteiger partial charge < -0.3 is 14.8 Å². The minimum absolute atomic E-state index is 0.178. The maximum atomic E-state index is 9.82. The SMILES string of the molecule is C[C@H](N[C@@H]1CCCC[C@H]1O)c1ccco1. The van der Waals surface area contributed by atoms with Gasteiger partial charge in [0.05, 0.1) is 18.4 Å². The molecule has 1 aliphatic carbocycles. The smallest absolute Gasteiger partial charge is 0.120 e. The van der Waals surface area contributed by atoms with E-state index in [9.17, 15) is 5.11 Å². The predicted molar refractivity (Wildman–Crippen MR) is 58.5 cm³/mol. The van der Waals surface area contributed by atoms with Crippen LogP contribution < -0.4 is 5.32 Å². The van der Waals surface area contributed by atoms with Crippen LogP contribution >= 0.6 is 0 Å².